The first-order valence-corrected chi connectivity index (χ1v) is 8.51. The Hall–Kier alpha value is -2.83. The zero-order valence-electron chi connectivity index (χ0n) is 15.1. The first-order valence-electron chi connectivity index (χ1n) is 8.51. The molecule has 3 aromatic rings. The SMILES string of the molecule is CCCn1nc(C)c(NC(=O)NCc2cn3cc(C)ccc3n2)c1C. The summed E-state index contributed by atoms with van der Waals surface area (Å²) in [5, 5.41) is 10.2. The molecule has 0 aliphatic heterocycles. The van der Waals surface area contributed by atoms with Crippen molar-refractivity contribution in [2.75, 3.05) is 5.32 Å². The highest BCUT2D eigenvalue weighted by Crippen LogP contribution is 2.19. The van der Waals surface area contributed by atoms with Gasteiger partial charge in [-0.15, -0.1) is 0 Å². The van der Waals surface area contributed by atoms with Crippen LogP contribution in [0.4, 0.5) is 10.5 Å². The highest BCUT2D eigenvalue weighted by atomic mass is 16.2. The van der Waals surface area contributed by atoms with Crippen molar-refractivity contribution >= 4 is 17.4 Å². The largest absolute Gasteiger partial charge is 0.332 e. The first kappa shape index (κ1) is 17.0. The van der Waals surface area contributed by atoms with Crippen molar-refractivity contribution in [3.05, 3.63) is 47.2 Å². The molecule has 0 aliphatic rings. The molecule has 0 aromatic carbocycles. The quantitative estimate of drug-likeness (QED) is 0.749. The van der Waals surface area contributed by atoms with Gasteiger partial charge in [-0.05, 0) is 38.8 Å². The molecule has 2 amide bonds. The summed E-state index contributed by atoms with van der Waals surface area (Å²) < 4.78 is 3.89. The highest BCUT2D eigenvalue weighted by Gasteiger charge is 2.14. The molecule has 2 N–H and O–H groups in total. The maximum atomic E-state index is 12.2. The molecule has 0 bridgehead atoms. The van der Waals surface area contributed by atoms with Gasteiger partial charge in [0.15, 0.2) is 0 Å². The van der Waals surface area contributed by atoms with E-state index < -0.39 is 0 Å². The Morgan fingerprint density at radius 3 is 2.76 bits per heavy atom. The van der Waals surface area contributed by atoms with Crippen molar-refractivity contribution in [1.29, 1.82) is 0 Å². The Morgan fingerprint density at radius 2 is 2.00 bits per heavy atom. The van der Waals surface area contributed by atoms with Crippen molar-refractivity contribution in [2.24, 2.45) is 0 Å². The second kappa shape index (κ2) is 6.96. The minimum absolute atomic E-state index is 0.254. The molecule has 25 heavy (non-hydrogen) atoms. The van der Waals surface area contributed by atoms with Crippen molar-refractivity contribution in [2.45, 2.75) is 47.2 Å². The zero-order chi connectivity index (χ0) is 18.0. The number of aryl methyl sites for hydroxylation is 3. The Kier molecular flexibility index (Phi) is 4.74. The normalized spacial score (nSPS) is 11.0. The van der Waals surface area contributed by atoms with Crippen LogP contribution in [0.1, 0.15) is 36.0 Å². The van der Waals surface area contributed by atoms with Crippen LogP contribution in [0.15, 0.2) is 24.5 Å². The molecule has 132 valence electrons. The van der Waals surface area contributed by atoms with Gasteiger partial charge >= 0.3 is 6.03 Å². The van der Waals surface area contributed by atoms with Crippen LogP contribution in [0.3, 0.4) is 0 Å². The number of fused-ring (bicyclic) bond motifs is 1. The molecule has 3 aromatic heterocycles. The summed E-state index contributed by atoms with van der Waals surface area (Å²) in [6, 6.07) is 3.73. The summed E-state index contributed by atoms with van der Waals surface area (Å²) in [5.41, 5.74) is 5.42. The summed E-state index contributed by atoms with van der Waals surface area (Å²) in [6.45, 7) is 9.22. The first-order chi connectivity index (χ1) is 12.0. The maximum absolute atomic E-state index is 12.2. The lowest BCUT2D eigenvalue weighted by Crippen LogP contribution is -2.28. The number of anilines is 1. The van der Waals surface area contributed by atoms with E-state index in [1.807, 2.05) is 54.4 Å². The Morgan fingerprint density at radius 1 is 1.20 bits per heavy atom. The molecule has 0 saturated carbocycles. The summed E-state index contributed by atoms with van der Waals surface area (Å²) in [4.78, 5) is 16.7. The molecule has 0 radical (unpaired) electrons. The molecule has 0 atom stereocenters. The Bertz CT molecular complexity index is 908. The third kappa shape index (κ3) is 3.65. The molecule has 3 heterocycles. The lowest BCUT2D eigenvalue weighted by Gasteiger charge is -2.07. The number of aromatic nitrogens is 4. The number of carbonyl (C=O) groups is 1. The third-order valence-corrected chi connectivity index (χ3v) is 4.13. The summed E-state index contributed by atoms with van der Waals surface area (Å²) in [6.07, 6.45) is 4.94. The van der Waals surface area contributed by atoms with E-state index in [-0.39, 0.29) is 6.03 Å². The lowest BCUT2D eigenvalue weighted by molar-refractivity contribution is 0.251. The standard InChI is InChI=1S/C18H24N6O/c1-5-8-24-14(4)17(13(3)22-24)21-18(25)19-9-15-11-23-10-12(2)6-7-16(23)20-15/h6-7,10-11H,5,8-9H2,1-4H3,(H2,19,21,25). The van der Waals surface area contributed by atoms with Crippen LogP contribution in [0.25, 0.3) is 5.65 Å². The fourth-order valence-electron chi connectivity index (χ4n) is 2.88. The number of rotatable bonds is 5. The fourth-order valence-corrected chi connectivity index (χ4v) is 2.88. The number of nitrogens with one attached hydrogen (secondary N) is 2. The number of imidazole rings is 1. The highest BCUT2D eigenvalue weighted by molar-refractivity contribution is 5.90. The molecule has 3 rings (SSSR count). The molecule has 0 saturated heterocycles. The predicted molar refractivity (Wildman–Crippen MR) is 97.8 cm³/mol. The Labute approximate surface area is 147 Å². The van der Waals surface area contributed by atoms with Crippen LogP contribution in [-0.4, -0.2) is 25.2 Å². The van der Waals surface area contributed by atoms with E-state index in [0.717, 1.165) is 46.9 Å². The van der Waals surface area contributed by atoms with E-state index >= 15 is 0 Å². The van der Waals surface area contributed by atoms with E-state index in [2.05, 4.69) is 27.6 Å². The number of nitrogens with zero attached hydrogens (tertiary/aromatic N) is 4. The van der Waals surface area contributed by atoms with Gasteiger partial charge in [0.2, 0.25) is 0 Å². The van der Waals surface area contributed by atoms with E-state index in [0.29, 0.717) is 6.54 Å². The van der Waals surface area contributed by atoms with Gasteiger partial charge in [0.1, 0.15) is 5.65 Å². The van der Waals surface area contributed by atoms with Crippen molar-refractivity contribution < 1.29 is 4.79 Å². The van der Waals surface area contributed by atoms with Gasteiger partial charge in [-0.3, -0.25) is 4.68 Å². The van der Waals surface area contributed by atoms with Crippen molar-refractivity contribution in [1.82, 2.24) is 24.5 Å². The fraction of sp³-hybridized carbons (Fsp3) is 0.389. The summed E-state index contributed by atoms with van der Waals surface area (Å²) in [5.74, 6) is 0. The number of amides is 2. The van der Waals surface area contributed by atoms with Gasteiger partial charge in [0.25, 0.3) is 0 Å². The summed E-state index contributed by atoms with van der Waals surface area (Å²) in [7, 11) is 0. The van der Waals surface area contributed by atoms with E-state index in [4.69, 9.17) is 0 Å². The molecule has 7 heteroatoms. The molecule has 0 unspecified atom stereocenters. The van der Waals surface area contributed by atoms with Crippen LogP contribution in [0.5, 0.6) is 0 Å². The van der Waals surface area contributed by atoms with E-state index in [9.17, 15) is 4.79 Å². The second-order valence-corrected chi connectivity index (χ2v) is 6.28. The second-order valence-electron chi connectivity index (χ2n) is 6.28. The minimum Gasteiger partial charge on any atom is -0.332 e. The average Bonchev–Trinajstić information content (AvgIpc) is 3.09. The van der Waals surface area contributed by atoms with Crippen LogP contribution in [0, 0.1) is 20.8 Å². The van der Waals surface area contributed by atoms with Gasteiger partial charge in [-0.1, -0.05) is 13.0 Å². The van der Waals surface area contributed by atoms with E-state index in [1.54, 1.807) is 0 Å². The third-order valence-electron chi connectivity index (χ3n) is 4.13. The van der Waals surface area contributed by atoms with Gasteiger partial charge in [0.05, 0.1) is 29.3 Å². The van der Waals surface area contributed by atoms with Crippen molar-refractivity contribution in [3.63, 3.8) is 0 Å². The topological polar surface area (TPSA) is 76.2 Å². The van der Waals surface area contributed by atoms with Gasteiger partial charge in [0, 0.05) is 18.9 Å². The number of carbonyl (C=O) groups excluding carboxylic acids is 1. The molecule has 0 fully saturated rings. The smallest absolute Gasteiger partial charge is 0.319 e. The van der Waals surface area contributed by atoms with Crippen molar-refractivity contribution in [3.8, 4) is 0 Å². The molecular weight excluding hydrogens is 316 g/mol. The van der Waals surface area contributed by atoms with E-state index in [1.165, 1.54) is 0 Å². The van der Waals surface area contributed by atoms with Crippen LogP contribution in [-0.2, 0) is 13.1 Å². The number of hydrogen-bond acceptors (Lipinski definition) is 3. The van der Waals surface area contributed by atoms with Crippen LogP contribution >= 0.6 is 0 Å². The molecule has 0 aliphatic carbocycles. The minimum atomic E-state index is -0.254. The van der Waals surface area contributed by atoms with Crippen LogP contribution in [0.2, 0.25) is 0 Å². The molecular formula is C18H24N6O. The monoisotopic (exact) mass is 340 g/mol. The Balaban J connectivity index is 1.64. The summed E-state index contributed by atoms with van der Waals surface area (Å²) >= 11 is 0. The van der Waals surface area contributed by atoms with Gasteiger partial charge < -0.3 is 15.0 Å². The number of hydrogen-bond donors (Lipinski definition) is 2. The van der Waals surface area contributed by atoms with Gasteiger partial charge in [-0.2, -0.15) is 5.10 Å². The zero-order valence-corrected chi connectivity index (χ0v) is 15.1. The molecule has 7 nitrogen and oxygen atoms in total. The van der Waals surface area contributed by atoms with Gasteiger partial charge in [-0.25, -0.2) is 9.78 Å². The molecule has 0 spiro atoms. The number of pyridine rings is 1. The number of urea groups is 1. The predicted octanol–water partition coefficient (Wildman–Crippen LogP) is 3.19. The van der Waals surface area contributed by atoms with Crippen LogP contribution < -0.4 is 10.6 Å². The maximum Gasteiger partial charge on any atom is 0.319 e. The average molecular weight is 340 g/mol. The lowest BCUT2D eigenvalue weighted by atomic mass is 10.3.